The molecular formula is C21H25BN2O3S. The number of aromatic nitrogens is 2. The van der Waals surface area contributed by atoms with Crippen LogP contribution in [0.15, 0.2) is 47.4 Å². The van der Waals surface area contributed by atoms with Crippen LogP contribution in [-0.4, -0.2) is 31.7 Å². The van der Waals surface area contributed by atoms with Crippen LogP contribution in [-0.2, 0) is 20.3 Å². The van der Waals surface area contributed by atoms with Crippen LogP contribution in [0.5, 0.6) is 0 Å². The maximum absolute atomic E-state index is 13.1. The minimum absolute atomic E-state index is 0.390. The molecule has 146 valence electrons. The zero-order valence-electron chi connectivity index (χ0n) is 17.1. The van der Waals surface area contributed by atoms with Crippen molar-refractivity contribution < 1.29 is 13.5 Å². The van der Waals surface area contributed by atoms with E-state index in [-0.39, 0.29) is 0 Å². The van der Waals surface area contributed by atoms with E-state index in [0.29, 0.717) is 0 Å². The van der Waals surface area contributed by atoms with Crippen LogP contribution in [0.25, 0.3) is 10.9 Å². The molecule has 0 spiro atoms. The van der Waals surface area contributed by atoms with Crippen LogP contribution in [0, 0.1) is 13.8 Å². The molecule has 0 N–H and O–H groups in total. The minimum atomic E-state index is -1.40. The van der Waals surface area contributed by atoms with E-state index in [4.69, 9.17) is 9.31 Å². The number of fused-ring (bicyclic) bond motifs is 1. The molecule has 1 aliphatic heterocycles. The second-order valence-corrected chi connectivity index (χ2v) is 9.70. The molecule has 0 aliphatic carbocycles. The van der Waals surface area contributed by atoms with Crippen molar-refractivity contribution in [3.05, 3.63) is 53.7 Å². The Labute approximate surface area is 168 Å². The highest BCUT2D eigenvalue weighted by Gasteiger charge is 2.51. The lowest BCUT2D eigenvalue weighted by Crippen LogP contribution is -2.41. The van der Waals surface area contributed by atoms with E-state index in [1.54, 1.807) is 4.09 Å². The highest BCUT2D eigenvalue weighted by Crippen LogP contribution is 2.36. The molecule has 0 bridgehead atoms. The quantitative estimate of drug-likeness (QED) is 0.636. The van der Waals surface area contributed by atoms with Gasteiger partial charge in [0.05, 0.1) is 27.3 Å². The van der Waals surface area contributed by atoms with Crippen molar-refractivity contribution in [2.24, 2.45) is 0 Å². The highest BCUT2D eigenvalue weighted by atomic mass is 32.2. The Hall–Kier alpha value is -1.96. The van der Waals surface area contributed by atoms with Crippen molar-refractivity contribution in [2.75, 3.05) is 0 Å². The fraction of sp³-hybridized carbons (Fsp3) is 0.381. The first-order chi connectivity index (χ1) is 13.1. The molecule has 7 heteroatoms. The molecule has 1 unspecified atom stereocenters. The molecule has 3 aromatic rings. The summed E-state index contributed by atoms with van der Waals surface area (Å²) in [6.45, 7) is 12.1. The van der Waals surface area contributed by atoms with E-state index in [1.807, 2.05) is 84.0 Å². The van der Waals surface area contributed by atoms with E-state index in [2.05, 4.69) is 5.10 Å². The van der Waals surface area contributed by atoms with E-state index < -0.39 is 29.3 Å². The molecule has 28 heavy (non-hydrogen) atoms. The van der Waals surface area contributed by atoms with Gasteiger partial charge < -0.3 is 9.31 Å². The first-order valence-electron chi connectivity index (χ1n) is 9.43. The molecule has 1 fully saturated rings. The zero-order valence-corrected chi connectivity index (χ0v) is 18.0. The minimum Gasteiger partial charge on any atom is -0.399 e. The van der Waals surface area contributed by atoms with Crippen LogP contribution >= 0.6 is 0 Å². The Balaban J connectivity index is 1.72. The summed E-state index contributed by atoms with van der Waals surface area (Å²) in [5, 5.41) is 5.50. The molecular weight excluding hydrogens is 371 g/mol. The lowest BCUT2D eigenvalue weighted by atomic mass is 9.78. The van der Waals surface area contributed by atoms with Crippen LogP contribution < -0.4 is 5.46 Å². The van der Waals surface area contributed by atoms with E-state index >= 15 is 0 Å². The highest BCUT2D eigenvalue weighted by molar-refractivity contribution is 7.83. The monoisotopic (exact) mass is 396 g/mol. The lowest BCUT2D eigenvalue weighted by molar-refractivity contribution is 0.00578. The summed E-state index contributed by atoms with van der Waals surface area (Å²) in [6.07, 6.45) is 0. The normalized spacial score (nSPS) is 19.3. The van der Waals surface area contributed by atoms with Gasteiger partial charge in [0, 0.05) is 5.39 Å². The molecule has 0 radical (unpaired) electrons. The summed E-state index contributed by atoms with van der Waals surface area (Å²) < 4.78 is 27.0. The van der Waals surface area contributed by atoms with Gasteiger partial charge in [0.2, 0.25) is 0 Å². The van der Waals surface area contributed by atoms with E-state index in [1.165, 1.54) is 0 Å². The van der Waals surface area contributed by atoms with E-state index in [0.717, 1.165) is 32.5 Å². The molecule has 0 saturated carbocycles. The predicted octanol–water partition coefficient (Wildman–Crippen LogP) is 3.52. The van der Waals surface area contributed by atoms with Gasteiger partial charge in [-0.3, -0.25) is 0 Å². The number of aryl methyl sites for hydroxylation is 2. The number of hydrogen-bond donors (Lipinski definition) is 0. The molecule has 0 amide bonds. The summed E-state index contributed by atoms with van der Waals surface area (Å²) in [4.78, 5) is 0.727. The Morgan fingerprint density at radius 2 is 1.57 bits per heavy atom. The Morgan fingerprint density at radius 1 is 0.964 bits per heavy atom. The van der Waals surface area contributed by atoms with E-state index in [9.17, 15) is 4.21 Å². The topological polar surface area (TPSA) is 53.4 Å². The first-order valence-corrected chi connectivity index (χ1v) is 10.5. The van der Waals surface area contributed by atoms with Gasteiger partial charge in [-0.15, -0.1) is 0 Å². The average Bonchev–Trinajstić information content (AvgIpc) is 3.07. The fourth-order valence-corrected chi connectivity index (χ4v) is 4.36. The van der Waals surface area contributed by atoms with Crippen LogP contribution in [0.4, 0.5) is 0 Å². The third-order valence-corrected chi connectivity index (χ3v) is 7.03. The maximum atomic E-state index is 13.1. The fourth-order valence-electron chi connectivity index (χ4n) is 3.26. The van der Waals surface area contributed by atoms with Gasteiger partial charge in [-0.05, 0) is 65.2 Å². The first kappa shape index (κ1) is 19.4. The molecule has 4 rings (SSSR count). The predicted molar refractivity (Wildman–Crippen MR) is 113 cm³/mol. The molecule has 1 aliphatic rings. The van der Waals surface area contributed by atoms with Crippen LogP contribution in [0.1, 0.15) is 39.0 Å². The molecule has 2 aromatic carbocycles. The summed E-state index contributed by atoms with van der Waals surface area (Å²) in [7, 11) is -1.83. The molecule has 1 aromatic heterocycles. The van der Waals surface area contributed by atoms with Crippen molar-refractivity contribution in [1.82, 2.24) is 9.19 Å². The standard InChI is InChI=1S/C21H25BN2O3S/c1-14-7-10-17(11-8-14)28(25)24-19-12-9-16(13-18(19)15(2)23-24)22-26-20(3,4)21(5,6)27-22/h7-13H,1-6H3. The Morgan fingerprint density at radius 3 is 2.18 bits per heavy atom. The van der Waals surface area contributed by atoms with Crippen molar-refractivity contribution in [3.8, 4) is 0 Å². The number of rotatable bonds is 3. The van der Waals surface area contributed by atoms with Gasteiger partial charge in [-0.25, -0.2) is 4.21 Å². The smallest absolute Gasteiger partial charge is 0.399 e. The summed E-state index contributed by atoms with van der Waals surface area (Å²) >= 11 is 0. The molecule has 1 saturated heterocycles. The van der Waals surface area contributed by atoms with Gasteiger partial charge >= 0.3 is 7.12 Å². The Kier molecular flexibility index (Phi) is 4.52. The molecule has 2 heterocycles. The van der Waals surface area contributed by atoms with Crippen molar-refractivity contribution in [3.63, 3.8) is 0 Å². The van der Waals surface area contributed by atoms with Crippen LogP contribution in [0.2, 0.25) is 0 Å². The molecule has 1 atom stereocenters. The number of nitrogens with zero attached hydrogens (tertiary/aromatic N) is 2. The zero-order chi connectivity index (χ0) is 20.3. The third kappa shape index (κ3) is 3.11. The van der Waals surface area contributed by atoms with Gasteiger partial charge in [-0.1, -0.05) is 29.8 Å². The van der Waals surface area contributed by atoms with Crippen molar-refractivity contribution in [1.29, 1.82) is 0 Å². The van der Waals surface area contributed by atoms with Gasteiger partial charge in [0.25, 0.3) is 0 Å². The van der Waals surface area contributed by atoms with Gasteiger partial charge in [-0.2, -0.15) is 9.19 Å². The second kappa shape index (κ2) is 6.54. The molecule has 5 nitrogen and oxygen atoms in total. The Bertz CT molecular complexity index is 1060. The summed E-state index contributed by atoms with van der Waals surface area (Å²) in [5.74, 6) is 0. The van der Waals surface area contributed by atoms with Gasteiger partial charge in [0.1, 0.15) is 0 Å². The number of hydrogen-bond acceptors (Lipinski definition) is 4. The van der Waals surface area contributed by atoms with Gasteiger partial charge in [0.15, 0.2) is 11.0 Å². The largest absolute Gasteiger partial charge is 0.494 e. The second-order valence-electron chi connectivity index (χ2n) is 8.39. The average molecular weight is 396 g/mol. The third-order valence-electron chi connectivity index (χ3n) is 5.76. The number of benzene rings is 2. The summed E-state index contributed by atoms with van der Waals surface area (Å²) in [6, 6.07) is 13.6. The summed E-state index contributed by atoms with van der Waals surface area (Å²) in [5.41, 5.74) is 2.95. The van der Waals surface area contributed by atoms with Crippen LogP contribution in [0.3, 0.4) is 0 Å². The SMILES string of the molecule is Cc1ccc(S(=O)n2nc(C)c3cc(B4OC(C)(C)C(C)(C)O4)ccc32)cc1. The maximum Gasteiger partial charge on any atom is 0.494 e. The van der Waals surface area contributed by atoms with Crippen molar-refractivity contribution >= 4 is 34.5 Å². The lowest BCUT2D eigenvalue weighted by Gasteiger charge is -2.32. The van der Waals surface area contributed by atoms with Crippen molar-refractivity contribution in [2.45, 2.75) is 57.6 Å².